The van der Waals surface area contributed by atoms with Crippen LogP contribution in [0.4, 0.5) is 5.69 Å². The Morgan fingerprint density at radius 1 is 1.17 bits per heavy atom. The minimum atomic E-state index is -0.350. The van der Waals surface area contributed by atoms with E-state index >= 15 is 0 Å². The van der Waals surface area contributed by atoms with Gasteiger partial charge in [-0.3, -0.25) is 4.79 Å². The largest absolute Gasteiger partial charge is 0.328 e. The van der Waals surface area contributed by atoms with Crippen molar-refractivity contribution in [1.82, 2.24) is 9.55 Å². The molecule has 0 fully saturated rings. The van der Waals surface area contributed by atoms with E-state index < -0.39 is 0 Å². The lowest BCUT2D eigenvalue weighted by Gasteiger charge is -2.09. The molecule has 118 valence electrons. The number of imidazole rings is 1. The van der Waals surface area contributed by atoms with Crippen molar-refractivity contribution in [3.8, 4) is 0 Å². The van der Waals surface area contributed by atoms with Gasteiger partial charge in [0.2, 0.25) is 0 Å². The average molecular weight is 348 g/mol. The molecule has 2 aromatic carbocycles. The fraction of sp³-hybridized carbons (Fsp3) is 0.176. The van der Waals surface area contributed by atoms with Gasteiger partial charge in [0.1, 0.15) is 11.3 Å². The zero-order valence-electron chi connectivity index (χ0n) is 12.7. The first-order valence-corrected chi connectivity index (χ1v) is 7.99. The Morgan fingerprint density at radius 2 is 1.83 bits per heavy atom. The zero-order valence-corrected chi connectivity index (χ0v) is 14.2. The number of aromatic nitrogens is 2. The number of rotatable bonds is 3. The molecule has 0 atom stereocenters. The lowest BCUT2D eigenvalue weighted by atomic mass is 10.2. The number of anilines is 1. The van der Waals surface area contributed by atoms with Crippen molar-refractivity contribution in [3.05, 3.63) is 57.8 Å². The minimum Gasteiger partial charge on any atom is -0.328 e. The van der Waals surface area contributed by atoms with Crippen LogP contribution in [-0.2, 0) is 6.54 Å². The molecule has 0 aliphatic heterocycles. The highest BCUT2D eigenvalue weighted by atomic mass is 35.5. The van der Waals surface area contributed by atoms with Crippen LogP contribution in [0.15, 0.2) is 36.4 Å². The molecule has 23 heavy (non-hydrogen) atoms. The first kappa shape index (κ1) is 15.8. The van der Waals surface area contributed by atoms with Crippen molar-refractivity contribution >= 4 is 45.8 Å². The van der Waals surface area contributed by atoms with E-state index in [1.165, 1.54) is 0 Å². The summed E-state index contributed by atoms with van der Waals surface area (Å²) in [6.07, 6.45) is 0. The van der Waals surface area contributed by atoms with Crippen molar-refractivity contribution in [3.63, 3.8) is 0 Å². The van der Waals surface area contributed by atoms with Crippen molar-refractivity contribution in [2.24, 2.45) is 0 Å². The van der Waals surface area contributed by atoms with Gasteiger partial charge in [-0.05, 0) is 38.1 Å². The van der Waals surface area contributed by atoms with Crippen LogP contribution < -0.4 is 5.32 Å². The number of aryl methyl sites for hydroxylation is 2. The fourth-order valence-corrected chi connectivity index (χ4v) is 3.23. The molecule has 0 bridgehead atoms. The SMILES string of the molecule is CCn1c(C)nc2c(NC(=O)c3c(Cl)cccc3Cl)cccc21. The maximum Gasteiger partial charge on any atom is 0.258 e. The molecule has 3 aromatic rings. The molecule has 6 heteroatoms. The number of benzene rings is 2. The van der Waals surface area contributed by atoms with Crippen LogP contribution in [0.2, 0.25) is 10.0 Å². The van der Waals surface area contributed by atoms with E-state index in [1.807, 2.05) is 25.1 Å². The monoisotopic (exact) mass is 347 g/mol. The number of hydrogen-bond acceptors (Lipinski definition) is 2. The van der Waals surface area contributed by atoms with E-state index in [2.05, 4.69) is 21.8 Å². The third-order valence-electron chi connectivity index (χ3n) is 3.72. The number of fused-ring (bicyclic) bond motifs is 1. The molecule has 0 aliphatic carbocycles. The topological polar surface area (TPSA) is 46.9 Å². The summed E-state index contributed by atoms with van der Waals surface area (Å²) < 4.78 is 2.09. The van der Waals surface area contributed by atoms with Gasteiger partial charge in [0.25, 0.3) is 5.91 Å². The van der Waals surface area contributed by atoms with Gasteiger partial charge in [-0.2, -0.15) is 0 Å². The average Bonchev–Trinajstić information content (AvgIpc) is 2.83. The van der Waals surface area contributed by atoms with Crippen LogP contribution in [0.5, 0.6) is 0 Å². The second kappa shape index (κ2) is 6.22. The number of hydrogen-bond donors (Lipinski definition) is 1. The summed E-state index contributed by atoms with van der Waals surface area (Å²) in [4.78, 5) is 17.1. The molecule has 0 spiro atoms. The van der Waals surface area contributed by atoms with Crippen LogP contribution in [0.1, 0.15) is 23.1 Å². The molecule has 1 aromatic heterocycles. The van der Waals surface area contributed by atoms with Gasteiger partial charge in [-0.25, -0.2) is 4.98 Å². The Bertz CT molecular complexity index is 882. The molecular weight excluding hydrogens is 333 g/mol. The molecule has 0 saturated carbocycles. The van der Waals surface area contributed by atoms with E-state index in [9.17, 15) is 4.79 Å². The van der Waals surface area contributed by atoms with Gasteiger partial charge in [0, 0.05) is 6.54 Å². The molecule has 0 saturated heterocycles. The quantitative estimate of drug-likeness (QED) is 0.730. The van der Waals surface area contributed by atoms with Gasteiger partial charge < -0.3 is 9.88 Å². The summed E-state index contributed by atoms with van der Waals surface area (Å²) in [5.74, 6) is 0.553. The Kier molecular flexibility index (Phi) is 4.28. The standard InChI is InChI=1S/C17H15Cl2N3O/c1-3-22-10(2)20-16-13(8-5-9-14(16)22)21-17(23)15-11(18)6-4-7-12(15)19/h4-9H,3H2,1-2H3,(H,21,23). The van der Waals surface area contributed by atoms with E-state index in [4.69, 9.17) is 23.2 Å². The molecule has 1 N–H and O–H groups in total. The molecule has 0 unspecified atom stereocenters. The minimum absolute atomic E-state index is 0.263. The molecule has 3 rings (SSSR count). The predicted molar refractivity (Wildman–Crippen MR) is 94.6 cm³/mol. The van der Waals surface area contributed by atoms with E-state index in [0.29, 0.717) is 15.7 Å². The fourth-order valence-electron chi connectivity index (χ4n) is 2.66. The summed E-state index contributed by atoms with van der Waals surface area (Å²) in [5, 5.41) is 3.50. The normalized spacial score (nSPS) is 11.0. The first-order valence-electron chi connectivity index (χ1n) is 7.24. The van der Waals surface area contributed by atoms with Crippen molar-refractivity contribution in [2.75, 3.05) is 5.32 Å². The number of para-hydroxylation sites is 1. The third kappa shape index (κ3) is 2.80. The van der Waals surface area contributed by atoms with Crippen LogP contribution >= 0.6 is 23.2 Å². The van der Waals surface area contributed by atoms with Crippen molar-refractivity contribution in [2.45, 2.75) is 20.4 Å². The van der Waals surface area contributed by atoms with Crippen LogP contribution in [0.3, 0.4) is 0 Å². The Morgan fingerprint density at radius 3 is 2.48 bits per heavy atom. The maximum atomic E-state index is 12.5. The number of nitrogens with zero attached hydrogens (tertiary/aromatic N) is 2. The highest BCUT2D eigenvalue weighted by Gasteiger charge is 2.17. The zero-order chi connectivity index (χ0) is 16.6. The van der Waals surface area contributed by atoms with Gasteiger partial charge in [-0.15, -0.1) is 0 Å². The Labute approximate surface area is 144 Å². The lowest BCUT2D eigenvalue weighted by Crippen LogP contribution is -2.13. The second-order valence-electron chi connectivity index (χ2n) is 5.13. The molecule has 0 radical (unpaired) electrons. The third-order valence-corrected chi connectivity index (χ3v) is 4.35. The molecule has 1 heterocycles. The van der Waals surface area contributed by atoms with E-state index in [-0.39, 0.29) is 11.5 Å². The maximum absolute atomic E-state index is 12.5. The molecule has 1 amide bonds. The highest BCUT2D eigenvalue weighted by molar-refractivity contribution is 6.40. The Balaban J connectivity index is 2.04. The van der Waals surface area contributed by atoms with Crippen molar-refractivity contribution < 1.29 is 4.79 Å². The van der Waals surface area contributed by atoms with Crippen LogP contribution in [0.25, 0.3) is 11.0 Å². The van der Waals surface area contributed by atoms with Gasteiger partial charge in [-0.1, -0.05) is 35.3 Å². The molecular formula is C17H15Cl2N3O. The van der Waals surface area contributed by atoms with Gasteiger partial charge >= 0.3 is 0 Å². The number of amides is 1. The van der Waals surface area contributed by atoms with E-state index in [1.54, 1.807) is 18.2 Å². The summed E-state index contributed by atoms with van der Waals surface area (Å²) in [6.45, 7) is 4.82. The smallest absolute Gasteiger partial charge is 0.258 e. The summed E-state index contributed by atoms with van der Waals surface area (Å²) >= 11 is 12.2. The highest BCUT2D eigenvalue weighted by Crippen LogP contribution is 2.28. The number of carbonyl (C=O) groups excluding carboxylic acids is 1. The molecule has 0 aliphatic rings. The lowest BCUT2D eigenvalue weighted by molar-refractivity contribution is 0.102. The number of nitrogens with one attached hydrogen (secondary N) is 1. The number of carbonyl (C=O) groups is 1. The first-order chi connectivity index (χ1) is 11.0. The van der Waals surface area contributed by atoms with Gasteiger partial charge in [0.05, 0.1) is 26.8 Å². The van der Waals surface area contributed by atoms with Crippen molar-refractivity contribution in [1.29, 1.82) is 0 Å². The summed E-state index contributed by atoms with van der Waals surface area (Å²) in [7, 11) is 0. The summed E-state index contributed by atoms with van der Waals surface area (Å²) in [6, 6.07) is 10.7. The molecule has 4 nitrogen and oxygen atoms in total. The second-order valence-corrected chi connectivity index (χ2v) is 5.94. The summed E-state index contributed by atoms with van der Waals surface area (Å²) in [5.41, 5.74) is 2.63. The van der Waals surface area contributed by atoms with Crippen LogP contribution in [0, 0.1) is 6.92 Å². The van der Waals surface area contributed by atoms with Gasteiger partial charge in [0.15, 0.2) is 0 Å². The predicted octanol–water partition coefficient (Wildman–Crippen LogP) is 4.92. The van der Waals surface area contributed by atoms with Crippen LogP contribution in [-0.4, -0.2) is 15.5 Å². The van der Waals surface area contributed by atoms with E-state index in [0.717, 1.165) is 23.4 Å². The number of halogens is 2. The Hall–Kier alpha value is -2.04.